The van der Waals surface area contributed by atoms with Gasteiger partial charge in [0.1, 0.15) is 63.2 Å². The Hall–Kier alpha value is -15.2. The minimum atomic E-state index is -1.12. The van der Waals surface area contributed by atoms with Crippen molar-refractivity contribution in [3.05, 3.63) is 493 Å². The number of hydrogen-bond acceptors (Lipinski definition) is 17. The Bertz CT molecular complexity index is 6650. The van der Waals surface area contributed by atoms with Crippen molar-refractivity contribution >= 4 is 0 Å². The van der Waals surface area contributed by atoms with E-state index in [4.69, 9.17) is 18.9 Å². The number of phenols is 8. The molecule has 8 unspecified atom stereocenters. The Morgan fingerprint density at radius 3 is 0.815 bits per heavy atom. The fourth-order valence-electron chi connectivity index (χ4n) is 20.5. The van der Waals surface area contributed by atoms with E-state index in [9.17, 15) is 66.4 Å². The Morgan fingerprint density at radius 2 is 0.481 bits per heavy atom. The molecule has 0 aliphatic heterocycles. The highest BCUT2D eigenvalue weighted by Crippen LogP contribution is 2.57. The lowest BCUT2D eigenvalue weighted by Gasteiger charge is -2.32. The van der Waals surface area contributed by atoms with Crippen LogP contribution in [0.5, 0.6) is 69.0 Å². The number of methoxy groups -OCH3 is 3. The Kier molecular flexibility index (Phi) is 26.7. The highest BCUT2D eigenvalue weighted by molar-refractivity contribution is 5.71. The molecular weight excluding hydrogens is 1700 g/mol. The number of halogens is 1. The molecule has 682 valence electrons. The van der Waals surface area contributed by atoms with E-state index in [1.807, 2.05) is 258 Å². The predicted molar refractivity (Wildman–Crippen MR) is 519 cm³/mol. The van der Waals surface area contributed by atoms with Gasteiger partial charge in [-0.1, -0.05) is 223 Å². The fourth-order valence-corrected chi connectivity index (χ4v) is 20.5. The molecule has 8 atom stereocenters. The standard InChI is InChI=1S/C61H57FO9.C56H48O8/c1-6-71-57-29-55(69)48-27-50(57)61(42-18-14-34(3)20-35(42)4)49-26-47(53(67)28-54(49)68)60(38-17-19-56(70-5)51(62)22-38)46-25-45(41(32-65)23-52(46)66)58(36-10-8-7-9-11-36)43-24-44(40(31-64)21-39(43)30-63)59(48)37-15-12-33(2)13-16-37;1-63-51-29-49(61)43-27-45(51)56(36-21-13-6-14-22-36)44-28-46(52(64-2)30-50(44)62)55(35-19-11-5-12-20-35)42-26-40(38(32-58)24-48(42)60)53(33-15-7-3-8-16-33)41-25-39(37(31-57)23-47(41)59)54(43)34-17-9-4-10-18-34/h7-29,58-61,63-69H,6,30-32H2,1-5H3;3-30,53-62H,31-32H2,1-2H3. The van der Waals surface area contributed by atoms with Crippen molar-refractivity contribution in [2.24, 2.45) is 0 Å². The van der Waals surface area contributed by atoms with Crippen molar-refractivity contribution in [3.8, 4) is 69.0 Å². The molecular formula is C117H105FO17. The quantitative estimate of drug-likeness (QED) is 0.0380. The molecule has 0 radical (unpaired) electrons. The molecule has 18 heteroatoms. The monoisotopic (exact) mass is 1800 g/mol. The third-order valence-electron chi connectivity index (χ3n) is 26.8. The van der Waals surface area contributed by atoms with Crippen molar-refractivity contribution in [1.82, 2.24) is 0 Å². The maximum atomic E-state index is 16.1. The first-order valence-electron chi connectivity index (χ1n) is 44.9. The second-order valence-electron chi connectivity index (χ2n) is 34.7. The predicted octanol–water partition coefficient (Wildman–Crippen LogP) is 22.0. The SMILES string of the molecule is CCOc1cc(O)c2cc1C(c1ccc(C)cc1C)c1cc(c(O)cc1O)C(c1ccc(OC)c(F)c1)c1cc(c(CO)cc1O)C(c1ccccc1)c1cc(c(CO)cc1CO)C2c1ccc(C)cc1.COc1cc(O)c2cc1C(c1ccccc1)c1cc(c(OC)cc1O)C(c1ccccc1)c1cc(c(CO)cc1O)C(c1ccccc1)c1cc(c(CO)cc1O)C2c1ccccc1. The summed E-state index contributed by atoms with van der Waals surface area (Å²) in [5, 5.41) is 154. The summed E-state index contributed by atoms with van der Waals surface area (Å²) in [6.45, 7) is 5.79. The number of phenolic OH excluding ortho intramolecular Hbond substituents is 8. The van der Waals surface area contributed by atoms with Crippen LogP contribution in [0.1, 0.15) is 232 Å². The maximum Gasteiger partial charge on any atom is 0.165 e. The van der Waals surface area contributed by atoms with Crippen LogP contribution >= 0.6 is 0 Å². The summed E-state index contributed by atoms with van der Waals surface area (Å²) in [6, 6.07) is 94.0. The van der Waals surface area contributed by atoms with E-state index in [0.717, 1.165) is 55.6 Å². The molecule has 135 heavy (non-hydrogen) atoms. The van der Waals surface area contributed by atoms with E-state index < -0.39 is 86.2 Å². The van der Waals surface area contributed by atoms with Gasteiger partial charge in [0, 0.05) is 133 Å². The van der Waals surface area contributed by atoms with Gasteiger partial charge in [-0.25, -0.2) is 4.39 Å². The number of aliphatic hydroxyl groups is 5. The van der Waals surface area contributed by atoms with Gasteiger partial charge in [-0.2, -0.15) is 0 Å². The molecule has 2 aliphatic rings. The molecule has 16 bridgehead atoms. The molecule has 13 N–H and O–H groups in total. The molecule has 0 aromatic heterocycles. The number of rotatable bonds is 18. The van der Waals surface area contributed by atoms with Crippen LogP contribution in [0.15, 0.2) is 309 Å². The first-order valence-corrected chi connectivity index (χ1v) is 44.9. The van der Waals surface area contributed by atoms with Crippen molar-refractivity contribution < 1.29 is 89.7 Å². The van der Waals surface area contributed by atoms with Crippen LogP contribution in [0.4, 0.5) is 4.39 Å². The smallest absolute Gasteiger partial charge is 0.165 e. The summed E-state index contributed by atoms with van der Waals surface area (Å²) in [5.74, 6) is -7.13. The number of fused-ring (bicyclic) bond motifs is 16. The number of aryl methyl sites for hydroxylation is 3. The first kappa shape index (κ1) is 91.7. The largest absolute Gasteiger partial charge is 0.508 e. The van der Waals surface area contributed by atoms with Gasteiger partial charge in [-0.3, -0.25) is 0 Å². The van der Waals surface area contributed by atoms with Gasteiger partial charge in [0.25, 0.3) is 0 Å². The van der Waals surface area contributed by atoms with E-state index >= 15 is 4.39 Å². The number of hydrogen-bond donors (Lipinski definition) is 13. The minimum absolute atomic E-state index is 0.0219. The molecule has 2 aliphatic carbocycles. The zero-order valence-electron chi connectivity index (χ0n) is 75.6. The molecule has 17 nitrogen and oxygen atoms in total. The van der Waals surface area contributed by atoms with Gasteiger partial charge < -0.3 is 85.3 Å². The zero-order valence-corrected chi connectivity index (χ0v) is 75.6. The summed E-state index contributed by atoms with van der Waals surface area (Å²) in [4.78, 5) is 0. The second kappa shape index (κ2) is 39.3. The first-order chi connectivity index (χ1) is 65.5. The van der Waals surface area contributed by atoms with Crippen molar-refractivity contribution in [1.29, 1.82) is 0 Å². The summed E-state index contributed by atoms with van der Waals surface area (Å²) in [6.07, 6.45) is 0. The molecule has 16 aromatic rings. The van der Waals surface area contributed by atoms with Gasteiger partial charge in [-0.05, 0) is 206 Å². The molecule has 0 heterocycles. The number of aliphatic hydroxyl groups excluding tert-OH is 5. The number of benzene rings is 16. The highest BCUT2D eigenvalue weighted by Gasteiger charge is 2.40. The number of aromatic hydroxyl groups is 8. The van der Waals surface area contributed by atoms with Crippen LogP contribution in [0.25, 0.3) is 0 Å². The lowest BCUT2D eigenvalue weighted by atomic mass is 9.73. The maximum absolute atomic E-state index is 16.1. The van der Waals surface area contributed by atoms with E-state index in [0.29, 0.717) is 129 Å². The number of ether oxygens (including phenoxy) is 4. The van der Waals surface area contributed by atoms with E-state index in [1.165, 1.54) is 31.4 Å². The molecule has 0 amide bonds. The fraction of sp³-hybridized carbons (Fsp3) is 0.179. The van der Waals surface area contributed by atoms with Gasteiger partial charge in [-0.15, -0.1) is 0 Å². The van der Waals surface area contributed by atoms with Crippen LogP contribution in [0.2, 0.25) is 0 Å². The van der Waals surface area contributed by atoms with Gasteiger partial charge >= 0.3 is 0 Å². The minimum Gasteiger partial charge on any atom is -0.508 e. The second-order valence-corrected chi connectivity index (χ2v) is 34.7. The van der Waals surface area contributed by atoms with E-state index in [2.05, 4.69) is 0 Å². The third kappa shape index (κ3) is 17.6. The summed E-state index contributed by atoms with van der Waals surface area (Å²) in [7, 11) is 4.45. The Balaban J connectivity index is 0.000000189. The van der Waals surface area contributed by atoms with Crippen LogP contribution in [-0.4, -0.2) is 94.3 Å². The average molecular weight is 1800 g/mol. The molecule has 0 spiro atoms. The van der Waals surface area contributed by atoms with Crippen LogP contribution < -0.4 is 18.9 Å². The molecule has 0 saturated carbocycles. The zero-order chi connectivity index (χ0) is 94.7. The van der Waals surface area contributed by atoms with Crippen LogP contribution in [0.3, 0.4) is 0 Å². The summed E-state index contributed by atoms with van der Waals surface area (Å²) >= 11 is 0. The van der Waals surface area contributed by atoms with Gasteiger partial charge in [0.2, 0.25) is 0 Å². The average Bonchev–Trinajstić information content (AvgIpc) is 0.733. The van der Waals surface area contributed by atoms with Crippen LogP contribution in [-0.2, 0) is 33.0 Å². The molecule has 18 rings (SSSR count). The molecule has 0 fully saturated rings. The normalized spacial score (nSPS) is 16.6. The van der Waals surface area contributed by atoms with E-state index in [-0.39, 0.29) is 69.5 Å². The lowest BCUT2D eigenvalue weighted by Crippen LogP contribution is -2.16. The topological polar surface area (TPSA) is 300 Å². The highest BCUT2D eigenvalue weighted by atomic mass is 19.1. The summed E-state index contributed by atoms with van der Waals surface area (Å²) < 4.78 is 40.1. The van der Waals surface area contributed by atoms with Crippen molar-refractivity contribution in [2.45, 2.75) is 108 Å². The lowest BCUT2D eigenvalue weighted by molar-refractivity contribution is 0.273. The van der Waals surface area contributed by atoms with E-state index in [1.54, 1.807) is 68.8 Å². The van der Waals surface area contributed by atoms with Crippen molar-refractivity contribution in [2.75, 3.05) is 27.9 Å². The molecule has 0 saturated heterocycles. The molecule has 16 aromatic carbocycles. The Morgan fingerprint density at radius 1 is 0.222 bits per heavy atom. The third-order valence-corrected chi connectivity index (χ3v) is 26.8. The van der Waals surface area contributed by atoms with Crippen molar-refractivity contribution in [3.63, 3.8) is 0 Å². The Labute approximate surface area is 783 Å². The summed E-state index contributed by atoms with van der Waals surface area (Å²) in [5.41, 5.74) is 19.0. The van der Waals surface area contributed by atoms with Gasteiger partial charge in [0.15, 0.2) is 11.6 Å². The van der Waals surface area contributed by atoms with Crippen LogP contribution in [0, 0.1) is 26.6 Å². The van der Waals surface area contributed by atoms with Gasteiger partial charge in [0.05, 0.1) is 61.0 Å².